The van der Waals surface area contributed by atoms with E-state index in [0.717, 1.165) is 5.69 Å². The predicted octanol–water partition coefficient (Wildman–Crippen LogP) is 2.19. The zero-order chi connectivity index (χ0) is 20.9. The molecule has 1 heterocycles. The predicted molar refractivity (Wildman–Crippen MR) is 112 cm³/mol. The van der Waals surface area contributed by atoms with Gasteiger partial charge in [-0.05, 0) is 37.6 Å². The number of para-hydroxylation sites is 1. The molecule has 2 aromatic rings. The van der Waals surface area contributed by atoms with Crippen LogP contribution >= 0.6 is 0 Å². The molecule has 3 rings (SSSR count). The van der Waals surface area contributed by atoms with Gasteiger partial charge in [0, 0.05) is 13.0 Å². The number of amides is 1. The highest BCUT2D eigenvalue weighted by atomic mass is 32.2. The number of hydrogen-bond donors (Lipinski definition) is 1. The first-order chi connectivity index (χ1) is 13.9. The Balaban J connectivity index is 1.57. The summed E-state index contributed by atoms with van der Waals surface area (Å²) in [5.74, 6) is -0.517. The number of nitrogens with zero attached hydrogens (tertiary/aromatic N) is 2. The molecular formula is C21H23N3O4S. The van der Waals surface area contributed by atoms with Crippen molar-refractivity contribution in [3.8, 4) is 0 Å². The van der Waals surface area contributed by atoms with Crippen molar-refractivity contribution in [1.82, 2.24) is 5.32 Å². The molecule has 1 aliphatic heterocycles. The lowest BCUT2D eigenvalue weighted by atomic mass is 10.1. The number of hydrogen-bond acceptors (Lipinski definition) is 6. The number of benzene rings is 2. The number of carbonyl (C=O) groups is 2. The van der Waals surface area contributed by atoms with E-state index >= 15 is 0 Å². The molecule has 1 N–H and O–H groups in total. The first kappa shape index (κ1) is 20.7. The third-order valence-corrected chi connectivity index (χ3v) is 6.46. The minimum absolute atomic E-state index is 0.0595. The summed E-state index contributed by atoms with van der Waals surface area (Å²) in [5, 5.41) is 8.61. The van der Waals surface area contributed by atoms with Gasteiger partial charge in [0.1, 0.15) is 11.8 Å². The molecule has 1 amide bonds. The van der Waals surface area contributed by atoms with Crippen molar-refractivity contribution >= 4 is 32.9 Å². The maximum absolute atomic E-state index is 12.5. The van der Waals surface area contributed by atoms with Crippen LogP contribution in [0.5, 0.6) is 0 Å². The van der Waals surface area contributed by atoms with Crippen molar-refractivity contribution in [2.24, 2.45) is 5.10 Å². The highest BCUT2D eigenvalue weighted by Gasteiger charge is 2.34. The molecule has 0 radical (unpaired) electrons. The Kier molecular flexibility index (Phi) is 6.43. The standard InChI is InChI=1S/C21H23N3O4S/c1-16(25)20-15-19(23-24(20)17-9-4-2-5-10-17)21(26)22-13-8-14-29(27,28)18-11-6-3-7-12-18/h2-7,9-12,20H,8,13-15H2,1H3,(H,22,26). The molecular weight excluding hydrogens is 390 g/mol. The molecule has 0 aromatic heterocycles. The number of nitrogens with one attached hydrogen (secondary N) is 1. The lowest BCUT2D eigenvalue weighted by molar-refractivity contribution is -0.118. The second-order valence-corrected chi connectivity index (χ2v) is 8.91. The van der Waals surface area contributed by atoms with Crippen molar-refractivity contribution in [2.45, 2.75) is 30.7 Å². The van der Waals surface area contributed by atoms with Crippen LogP contribution in [0, 0.1) is 0 Å². The monoisotopic (exact) mass is 413 g/mol. The van der Waals surface area contributed by atoms with Gasteiger partial charge >= 0.3 is 0 Å². The lowest BCUT2D eigenvalue weighted by Gasteiger charge is -2.20. The largest absolute Gasteiger partial charge is 0.351 e. The summed E-state index contributed by atoms with van der Waals surface area (Å²) >= 11 is 0. The zero-order valence-electron chi connectivity index (χ0n) is 16.1. The van der Waals surface area contributed by atoms with Gasteiger partial charge in [-0.2, -0.15) is 5.10 Å². The molecule has 0 saturated carbocycles. The third-order valence-electron chi connectivity index (χ3n) is 4.64. The number of ketones is 1. The van der Waals surface area contributed by atoms with Crippen molar-refractivity contribution in [3.63, 3.8) is 0 Å². The summed E-state index contributed by atoms with van der Waals surface area (Å²) in [7, 11) is -3.38. The summed E-state index contributed by atoms with van der Waals surface area (Å²) < 4.78 is 24.5. The van der Waals surface area contributed by atoms with Crippen LogP contribution < -0.4 is 10.3 Å². The second-order valence-electron chi connectivity index (χ2n) is 6.80. The van der Waals surface area contributed by atoms with Crippen LogP contribution in [0.25, 0.3) is 0 Å². The summed E-state index contributed by atoms with van der Waals surface area (Å²) in [5.41, 5.74) is 1.00. The average Bonchev–Trinajstić information content (AvgIpc) is 3.18. The van der Waals surface area contributed by atoms with E-state index in [1.807, 2.05) is 30.3 Å². The molecule has 8 heteroatoms. The van der Waals surface area contributed by atoms with Crippen LogP contribution in [0.4, 0.5) is 5.69 Å². The first-order valence-electron chi connectivity index (χ1n) is 9.37. The van der Waals surface area contributed by atoms with Crippen molar-refractivity contribution < 1.29 is 18.0 Å². The lowest BCUT2D eigenvalue weighted by Crippen LogP contribution is -2.34. The zero-order valence-corrected chi connectivity index (χ0v) is 16.9. The van der Waals surface area contributed by atoms with E-state index in [-0.39, 0.29) is 47.4 Å². The minimum atomic E-state index is -3.38. The van der Waals surface area contributed by atoms with E-state index in [0.29, 0.717) is 0 Å². The first-order valence-corrected chi connectivity index (χ1v) is 11.0. The fourth-order valence-corrected chi connectivity index (χ4v) is 4.43. The molecule has 1 atom stereocenters. The molecule has 29 heavy (non-hydrogen) atoms. The Morgan fingerprint density at radius 3 is 2.31 bits per heavy atom. The van der Waals surface area contributed by atoms with Crippen LogP contribution in [0.3, 0.4) is 0 Å². The summed E-state index contributed by atoms with van der Waals surface area (Å²) in [4.78, 5) is 24.7. The van der Waals surface area contributed by atoms with Gasteiger partial charge in [0.05, 0.1) is 16.3 Å². The van der Waals surface area contributed by atoms with Crippen molar-refractivity contribution in [2.75, 3.05) is 17.3 Å². The molecule has 0 fully saturated rings. The van der Waals surface area contributed by atoms with Gasteiger partial charge in [0.2, 0.25) is 0 Å². The van der Waals surface area contributed by atoms with E-state index in [1.165, 1.54) is 6.92 Å². The molecule has 7 nitrogen and oxygen atoms in total. The van der Waals surface area contributed by atoms with Gasteiger partial charge < -0.3 is 5.32 Å². The van der Waals surface area contributed by atoms with Gasteiger partial charge in [-0.15, -0.1) is 0 Å². The number of sulfone groups is 1. The van der Waals surface area contributed by atoms with Gasteiger partial charge in [0.15, 0.2) is 15.6 Å². The van der Waals surface area contributed by atoms with Gasteiger partial charge in [0.25, 0.3) is 5.91 Å². The topological polar surface area (TPSA) is 95.9 Å². The normalized spacial score (nSPS) is 16.4. The Labute approximate surface area is 170 Å². The molecule has 0 spiro atoms. The SMILES string of the molecule is CC(=O)C1CC(C(=O)NCCCS(=O)(=O)c2ccccc2)=NN1c1ccccc1. The van der Waals surface area contributed by atoms with Crippen LogP contribution in [-0.2, 0) is 19.4 Å². The maximum Gasteiger partial charge on any atom is 0.267 e. The van der Waals surface area contributed by atoms with Crippen LogP contribution in [-0.4, -0.2) is 44.2 Å². The Morgan fingerprint density at radius 1 is 1.07 bits per heavy atom. The van der Waals surface area contributed by atoms with Crippen molar-refractivity contribution in [1.29, 1.82) is 0 Å². The van der Waals surface area contributed by atoms with Gasteiger partial charge in [-0.3, -0.25) is 14.6 Å². The van der Waals surface area contributed by atoms with Crippen molar-refractivity contribution in [3.05, 3.63) is 60.7 Å². The second kappa shape index (κ2) is 9.00. The quantitative estimate of drug-likeness (QED) is 0.670. The Morgan fingerprint density at radius 2 is 1.69 bits per heavy atom. The fourth-order valence-electron chi connectivity index (χ4n) is 3.09. The van der Waals surface area contributed by atoms with E-state index < -0.39 is 15.9 Å². The average molecular weight is 413 g/mol. The fraction of sp³-hybridized carbons (Fsp3) is 0.286. The number of anilines is 1. The smallest absolute Gasteiger partial charge is 0.267 e. The van der Waals surface area contributed by atoms with Crippen LogP contribution in [0.1, 0.15) is 19.8 Å². The van der Waals surface area contributed by atoms with E-state index in [2.05, 4.69) is 10.4 Å². The molecule has 152 valence electrons. The molecule has 1 unspecified atom stereocenters. The summed E-state index contributed by atoms with van der Waals surface area (Å²) in [6.45, 7) is 1.69. The summed E-state index contributed by atoms with van der Waals surface area (Å²) in [6, 6.07) is 16.9. The Bertz CT molecular complexity index is 1000. The summed E-state index contributed by atoms with van der Waals surface area (Å²) in [6.07, 6.45) is 0.507. The van der Waals surface area contributed by atoms with Gasteiger partial charge in [-0.1, -0.05) is 36.4 Å². The number of Topliss-reactive ketones (excluding diaryl/α,β-unsaturated/α-hetero) is 1. The number of rotatable bonds is 8. The molecule has 1 aliphatic rings. The molecule has 0 aliphatic carbocycles. The maximum atomic E-state index is 12.5. The molecule has 2 aromatic carbocycles. The Hall–Kier alpha value is -3.00. The molecule has 0 bridgehead atoms. The number of carbonyl (C=O) groups excluding carboxylic acids is 2. The number of hydrazone groups is 1. The van der Waals surface area contributed by atoms with E-state index in [4.69, 9.17) is 0 Å². The van der Waals surface area contributed by atoms with Gasteiger partial charge in [-0.25, -0.2) is 8.42 Å². The van der Waals surface area contributed by atoms with Crippen LogP contribution in [0.15, 0.2) is 70.7 Å². The van der Waals surface area contributed by atoms with E-state index in [9.17, 15) is 18.0 Å². The van der Waals surface area contributed by atoms with E-state index in [1.54, 1.807) is 35.3 Å². The highest BCUT2D eigenvalue weighted by Crippen LogP contribution is 2.25. The minimum Gasteiger partial charge on any atom is -0.351 e. The molecule has 0 saturated heterocycles. The van der Waals surface area contributed by atoms with Crippen LogP contribution in [0.2, 0.25) is 0 Å². The highest BCUT2D eigenvalue weighted by molar-refractivity contribution is 7.91. The third kappa shape index (κ3) is 5.08.